The Balaban J connectivity index is 1.54. The molecular formula is C28H30O6. The predicted octanol–water partition coefficient (Wildman–Crippen LogP) is 4.18. The standard InChI is InChI=1S/C28H30O6/c1-31-21-16-23(32-2)26-24(17-21)34-28(33-15-9-12-19-10-5-3-6-11-19)22(18-25(29)27(26,28)30)20-13-7-4-8-14-20/h3-8,10-11,13-14,16-17,22,25,29-30H,9,12,15,18H2,1-2H3/t22-,25+,27+,28-/m0/s1. The molecule has 6 nitrogen and oxygen atoms in total. The maximum absolute atomic E-state index is 12.2. The lowest BCUT2D eigenvalue weighted by Crippen LogP contribution is -2.56. The fourth-order valence-electron chi connectivity index (χ4n) is 5.43. The number of aliphatic hydroxyl groups excluding tert-OH is 1. The summed E-state index contributed by atoms with van der Waals surface area (Å²) in [6, 6.07) is 23.4. The number of hydrogen-bond acceptors (Lipinski definition) is 6. The van der Waals surface area contributed by atoms with E-state index in [9.17, 15) is 10.2 Å². The van der Waals surface area contributed by atoms with Gasteiger partial charge in [-0.25, -0.2) is 0 Å². The average Bonchev–Trinajstić information content (AvgIpc) is 3.26. The first-order valence-corrected chi connectivity index (χ1v) is 11.6. The molecule has 1 aliphatic heterocycles. The smallest absolute Gasteiger partial charge is 0.253 e. The van der Waals surface area contributed by atoms with E-state index in [1.165, 1.54) is 12.7 Å². The van der Waals surface area contributed by atoms with Gasteiger partial charge in [-0.1, -0.05) is 60.7 Å². The van der Waals surface area contributed by atoms with Gasteiger partial charge in [-0.15, -0.1) is 0 Å². The summed E-state index contributed by atoms with van der Waals surface area (Å²) in [5.74, 6) is -0.592. The molecule has 178 valence electrons. The minimum absolute atomic E-state index is 0.286. The topological polar surface area (TPSA) is 77.4 Å². The Morgan fingerprint density at radius 3 is 2.35 bits per heavy atom. The zero-order valence-electron chi connectivity index (χ0n) is 19.4. The number of hydrogen-bond donors (Lipinski definition) is 2. The second-order valence-corrected chi connectivity index (χ2v) is 8.89. The highest BCUT2D eigenvalue weighted by Gasteiger charge is 2.74. The molecule has 1 aliphatic carbocycles. The van der Waals surface area contributed by atoms with E-state index in [1.54, 1.807) is 19.2 Å². The molecule has 0 saturated heterocycles. The lowest BCUT2D eigenvalue weighted by Gasteiger charge is -2.39. The molecule has 0 bridgehead atoms. The summed E-state index contributed by atoms with van der Waals surface area (Å²) in [5.41, 5.74) is 0.726. The summed E-state index contributed by atoms with van der Waals surface area (Å²) in [5, 5.41) is 23.5. The number of methoxy groups -OCH3 is 2. The van der Waals surface area contributed by atoms with Crippen molar-refractivity contribution in [1.82, 2.24) is 0 Å². The van der Waals surface area contributed by atoms with E-state index in [0.717, 1.165) is 18.4 Å². The van der Waals surface area contributed by atoms with Gasteiger partial charge in [0.15, 0.2) is 5.60 Å². The van der Waals surface area contributed by atoms with Crippen molar-refractivity contribution >= 4 is 0 Å². The fraction of sp³-hybridized carbons (Fsp3) is 0.357. The van der Waals surface area contributed by atoms with Crippen LogP contribution in [0.15, 0.2) is 72.8 Å². The van der Waals surface area contributed by atoms with Crippen LogP contribution in [0.25, 0.3) is 0 Å². The second-order valence-electron chi connectivity index (χ2n) is 8.89. The van der Waals surface area contributed by atoms with E-state index in [4.69, 9.17) is 18.9 Å². The number of rotatable bonds is 8. The van der Waals surface area contributed by atoms with Crippen molar-refractivity contribution in [1.29, 1.82) is 0 Å². The summed E-state index contributed by atoms with van der Waals surface area (Å²) >= 11 is 0. The zero-order chi connectivity index (χ0) is 23.8. The van der Waals surface area contributed by atoms with E-state index >= 15 is 0 Å². The van der Waals surface area contributed by atoms with Crippen LogP contribution in [0.1, 0.15) is 35.4 Å². The third kappa shape index (κ3) is 3.45. The van der Waals surface area contributed by atoms with Gasteiger partial charge in [0.25, 0.3) is 5.79 Å². The summed E-state index contributed by atoms with van der Waals surface area (Å²) in [4.78, 5) is 0. The van der Waals surface area contributed by atoms with Gasteiger partial charge in [-0.05, 0) is 30.4 Å². The number of ether oxygens (including phenoxy) is 4. The van der Waals surface area contributed by atoms with Gasteiger partial charge in [-0.3, -0.25) is 0 Å². The molecule has 1 fully saturated rings. The van der Waals surface area contributed by atoms with Crippen LogP contribution in [0, 0.1) is 0 Å². The summed E-state index contributed by atoms with van der Waals surface area (Å²) < 4.78 is 24.0. The lowest BCUT2D eigenvalue weighted by atomic mass is 9.83. The quantitative estimate of drug-likeness (QED) is 0.489. The molecule has 0 spiro atoms. The molecule has 1 heterocycles. The molecule has 2 aliphatic rings. The Kier molecular flexibility index (Phi) is 5.98. The number of aryl methyl sites for hydroxylation is 1. The molecule has 0 amide bonds. The molecule has 3 aromatic rings. The second kappa shape index (κ2) is 8.95. The van der Waals surface area contributed by atoms with Crippen molar-refractivity contribution in [3.63, 3.8) is 0 Å². The van der Waals surface area contributed by atoms with Gasteiger partial charge >= 0.3 is 0 Å². The molecular weight excluding hydrogens is 432 g/mol. The van der Waals surface area contributed by atoms with Crippen LogP contribution in [0.5, 0.6) is 17.2 Å². The largest absolute Gasteiger partial charge is 0.496 e. The average molecular weight is 463 g/mol. The van der Waals surface area contributed by atoms with Crippen molar-refractivity contribution in [2.45, 2.75) is 42.7 Å². The monoisotopic (exact) mass is 462 g/mol. The molecule has 5 rings (SSSR count). The molecule has 6 heteroatoms. The van der Waals surface area contributed by atoms with Gasteiger partial charge in [0, 0.05) is 12.1 Å². The molecule has 0 unspecified atom stereocenters. The van der Waals surface area contributed by atoms with Crippen molar-refractivity contribution < 1.29 is 29.2 Å². The van der Waals surface area contributed by atoms with E-state index in [0.29, 0.717) is 29.4 Å². The maximum atomic E-state index is 12.2. The first-order valence-electron chi connectivity index (χ1n) is 11.6. The third-order valence-corrected chi connectivity index (χ3v) is 7.04. The van der Waals surface area contributed by atoms with Crippen LogP contribution in [0.2, 0.25) is 0 Å². The van der Waals surface area contributed by atoms with E-state index in [-0.39, 0.29) is 6.42 Å². The molecule has 1 saturated carbocycles. The Hall–Kier alpha value is -3.06. The maximum Gasteiger partial charge on any atom is 0.253 e. The third-order valence-electron chi connectivity index (χ3n) is 7.04. The van der Waals surface area contributed by atoms with E-state index < -0.39 is 23.4 Å². The van der Waals surface area contributed by atoms with Crippen LogP contribution in [-0.4, -0.2) is 42.9 Å². The molecule has 0 radical (unpaired) electrons. The zero-order valence-corrected chi connectivity index (χ0v) is 19.4. The van der Waals surface area contributed by atoms with Crippen LogP contribution < -0.4 is 14.2 Å². The SMILES string of the molecule is COc1cc(OC)c2c(c1)O[C@@]1(OCCCc3ccccc3)[C@H](c3ccccc3)C[C@@H](O)[C@@]21O. The van der Waals surface area contributed by atoms with E-state index in [1.807, 2.05) is 48.5 Å². The summed E-state index contributed by atoms with van der Waals surface area (Å²) in [7, 11) is 3.08. The first-order chi connectivity index (χ1) is 16.5. The Morgan fingerprint density at radius 2 is 1.68 bits per heavy atom. The number of aliphatic hydroxyl groups is 2. The van der Waals surface area contributed by atoms with Crippen molar-refractivity contribution in [2.75, 3.05) is 20.8 Å². The molecule has 34 heavy (non-hydrogen) atoms. The van der Waals surface area contributed by atoms with Crippen molar-refractivity contribution in [2.24, 2.45) is 0 Å². The van der Waals surface area contributed by atoms with Gasteiger partial charge in [-0.2, -0.15) is 0 Å². The summed E-state index contributed by atoms with van der Waals surface area (Å²) in [6.45, 7) is 0.348. The van der Waals surface area contributed by atoms with Gasteiger partial charge in [0.1, 0.15) is 17.2 Å². The van der Waals surface area contributed by atoms with Crippen LogP contribution in [0.3, 0.4) is 0 Å². The lowest BCUT2D eigenvalue weighted by molar-refractivity contribution is -0.278. The normalized spacial score (nSPS) is 27.1. The van der Waals surface area contributed by atoms with Gasteiger partial charge < -0.3 is 29.2 Å². The Bertz CT molecular complexity index is 1130. The highest BCUT2D eigenvalue weighted by atomic mass is 16.7. The fourth-order valence-corrected chi connectivity index (χ4v) is 5.43. The van der Waals surface area contributed by atoms with Crippen molar-refractivity contribution in [3.05, 3.63) is 89.5 Å². The highest BCUT2D eigenvalue weighted by molar-refractivity contribution is 5.60. The van der Waals surface area contributed by atoms with Gasteiger partial charge in [0.05, 0.1) is 38.4 Å². The van der Waals surface area contributed by atoms with E-state index in [2.05, 4.69) is 12.1 Å². The minimum Gasteiger partial charge on any atom is -0.496 e. The molecule has 2 N–H and O–H groups in total. The number of fused-ring (bicyclic) bond motifs is 3. The molecule has 4 atom stereocenters. The molecule has 0 aromatic heterocycles. The van der Waals surface area contributed by atoms with Crippen LogP contribution >= 0.6 is 0 Å². The molecule has 3 aromatic carbocycles. The summed E-state index contributed by atoms with van der Waals surface area (Å²) in [6.07, 6.45) is 0.737. The van der Waals surface area contributed by atoms with Crippen molar-refractivity contribution in [3.8, 4) is 17.2 Å². The number of benzene rings is 3. The Labute approximate surface area is 199 Å². The van der Waals surface area contributed by atoms with Gasteiger partial charge in [0.2, 0.25) is 0 Å². The minimum atomic E-state index is -1.81. The predicted molar refractivity (Wildman–Crippen MR) is 127 cm³/mol. The Morgan fingerprint density at radius 1 is 0.971 bits per heavy atom. The highest BCUT2D eigenvalue weighted by Crippen LogP contribution is 2.65. The first kappa shape index (κ1) is 22.7. The van der Waals surface area contributed by atoms with Crippen LogP contribution in [-0.2, 0) is 16.8 Å². The van der Waals surface area contributed by atoms with Crippen LogP contribution in [0.4, 0.5) is 0 Å².